The largest absolute Gasteiger partial charge is 0.486 e. The van der Waals surface area contributed by atoms with Gasteiger partial charge in [0, 0.05) is 11.6 Å². The molecule has 0 aliphatic carbocycles. The van der Waals surface area contributed by atoms with Crippen LogP contribution in [-0.2, 0) is 6.61 Å². The fourth-order valence-corrected chi connectivity index (χ4v) is 1.84. The molecule has 2 rings (SSSR count). The second-order valence-electron chi connectivity index (χ2n) is 3.95. The molecule has 0 heterocycles. The van der Waals surface area contributed by atoms with Gasteiger partial charge in [-0.2, -0.15) is 0 Å². The van der Waals surface area contributed by atoms with Crippen LogP contribution in [0.3, 0.4) is 0 Å². The van der Waals surface area contributed by atoms with Crippen molar-refractivity contribution in [3.8, 4) is 5.75 Å². The topological polar surface area (TPSA) is 46.5 Å². The van der Waals surface area contributed by atoms with Crippen LogP contribution in [0, 0.1) is 11.6 Å². The highest BCUT2D eigenvalue weighted by molar-refractivity contribution is 6.32. The van der Waals surface area contributed by atoms with Crippen LogP contribution < -0.4 is 4.74 Å². The van der Waals surface area contributed by atoms with E-state index in [-0.39, 0.29) is 28.5 Å². The van der Waals surface area contributed by atoms with Crippen molar-refractivity contribution in [3.05, 3.63) is 64.2 Å². The molecule has 0 spiro atoms. The van der Waals surface area contributed by atoms with Crippen LogP contribution in [0.1, 0.15) is 15.9 Å². The van der Waals surface area contributed by atoms with E-state index in [0.717, 1.165) is 12.1 Å². The molecule has 20 heavy (non-hydrogen) atoms. The Labute approximate surface area is 118 Å². The van der Waals surface area contributed by atoms with Crippen LogP contribution in [0.5, 0.6) is 5.75 Å². The maximum absolute atomic E-state index is 13.4. The number of ether oxygens (including phenoxy) is 1. The number of hydrogen-bond acceptors (Lipinski definition) is 2. The Morgan fingerprint density at radius 1 is 1.25 bits per heavy atom. The molecule has 0 amide bonds. The average molecular weight is 299 g/mol. The van der Waals surface area contributed by atoms with Gasteiger partial charge in [0.25, 0.3) is 0 Å². The normalized spacial score (nSPS) is 10.3. The number of carboxylic acids is 1. The first-order valence-electron chi connectivity index (χ1n) is 5.57. The summed E-state index contributed by atoms with van der Waals surface area (Å²) in [5.74, 6) is -2.73. The van der Waals surface area contributed by atoms with Crippen LogP contribution >= 0.6 is 11.6 Å². The molecule has 0 aromatic heterocycles. The summed E-state index contributed by atoms with van der Waals surface area (Å²) >= 11 is 5.86. The minimum absolute atomic E-state index is 0.0506. The Morgan fingerprint density at radius 2 is 2.00 bits per heavy atom. The summed E-state index contributed by atoms with van der Waals surface area (Å²) in [4.78, 5) is 11.0. The smallest absolute Gasteiger partial charge is 0.339 e. The molecule has 0 atom stereocenters. The summed E-state index contributed by atoms with van der Waals surface area (Å²) in [6.45, 7) is -0.254. The molecule has 2 aromatic carbocycles. The van der Waals surface area contributed by atoms with Gasteiger partial charge in [-0.1, -0.05) is 17.7 Å². The molecular formula is C14H9ClF2O3. The molecule has 6 heteroatoms. The maximum atomic E-state index is 13.4. The summed E-state index contributed by atoms with van der Waals surface area (Å²) in [5, 5.41) is 9.12. The highest BCUT2D eigenvalue weighted by Gasteiger charge is 2.15. The molecule has 3 nitrogen and oxygen atoms in total. The predicted molar refractivity (Wildman–Crippen MR) is 69.1 cm³/mol. The molecule has 0 unspecified atom stereocenters. The summed E-state index contributed by atoms with van der Waals surface area (Å²) in [6, 6.07) is 7.30. The van der Waals surface area contributed by atoms with Crippen molar-refractivity contribution in [2.75, 3.05) is 0 Å². The Hall–Kier alpha value is -2.14. The van der Waals surface area contributed by atoms with Crippen molar-refractivity contribution >= 4 is 17.6 Å². The zero-order chi connectivity index (χ0) is 14.7. The lowest BCUT2D eigenvalue weighted by molar-refractivity contribution is 0.0691. The molecule has 104 valence electrons. The van der Waals surface area contributed by atoms with Crippen molar-refractivity contribution < 1.29 is 23.4 Å². The van der Waals surface area contributed by atoms with Gasteiger partial charge in [0.1, 0.15) is 23.8 Å². The van der Waals surface area contributed by atoms with E-state index in [2.05, 4.69) is 0 Å². The standard InChI is InChI=1S/C14H9ClF2O3/c15-11-3-1-2-10(14(18)19)13(11)20-7-8-4-5-9(16)6-12(8)17/h1-6H,7H2,(H,18,19). The monoisotopic (exact) mass is 298 g/mol. The van der Waals surface area contributed by atoms with Gasteiger partial charge in [0.15, 0.2) is 5.75 Å². The molecule has 0 aliphatic rings. The van der Waals surface area contributed by atoms with Crippen molar-refractivity contribution in [2.45, 2.75) is 6.61 Å². The molecule has 0 saturated heterocycles. The van der Waals surface area contributed by atoms with Crippen LogP contribution in [0.2, 0.25) is 5.02 Å². The molecule has 0 radical (unpaired) electrons. The van der Waals surface area contributed by atoms with E-state index in [1.807, 2.05) is 0 Å². The van der Waals surface area contributed by atoms with Gasteiger partial charge >= 0.3 is 5.97 Å². The Kier molecular flexibility index (Phi) is 4.20. The van der Waals surface area contributed by atoms with Gasteiger partial charge in [-0.3, -0.25) is 0 Å². The lowest BCUT2D eigenvalue weighted by atomic mass is 10.2. The number of aromatic carboxylic acids is 1. The predicted octanol–water partition coefficient (Wildman–Crippen LogP) is 3.90. The van der Waals surface area contributed by atoms with E-state index in [9.17, 15) is 13.6 Å². The van der Waals surface area contributed by atoms with E-state index in [0.29, 0.717) is 0 Å². The minimum atomic E-state index is -1.21. The molecule has 0 aliphatic heterocycles. The molecular weight excluding hydrogens is 290 g/mol. The van der Waals surface area contributed by atoms with E-state index >= 15 is 0 Å². The molecule has 0 saturated carbocycles. The second kappa shape index (κ2) is 5.88. The number of hydrogen-bond donors (Lipinski definition) is 1. The van der Waals surface area contributed by atoms with E-state index in [1.165, 1.54) is 24.3 Å². The SMILES string of the molecule is O=C(O)c1cccc(Cl)c1OCc1ccc(F)cc1F. The lowest BCUT2D eigenvalue weighted by Crippen LogP contribution is -2.05. The number of benzene rings is 2. The summed E-state index contributed by atoms with van der Waals surface area (Å²) < 4.78 is 31.5. The molecule has 0 fully saturated rings. The number of rotatable bonds is 4. The van der Waals surface area contributed by atoms with E-state index in [4.69, 9.17) is 21.4 Å². The van der Waals surface area contributed by atoms with Crippen LogP contribution in [0.25, 0.3) is 0 Å². The van der Waals surface area contributed by atoms with Crippen molar-refractivity contribution in [1.29, 1.82) is 0 Å². The van der Waals surface area contributed by atoms with Gasteiger partial charge in [-0.05, 0) is 24.3 Å². The Balaban J connectivity index is 2.25. The Morgan fingerprint density at radius 3 is 2.65 bits per heavy atom. The number of carbonyl (C=O) groups is 1. The van der Waals surface area contributed by atoms with Crippen molar-refractivity contribution in [3.63, 3.8) is 0 Å². The van der Waals surface area contributed by atoms with Crippen LogP contribution in [0.15, 0.2) is 36.4 Å². The van der Waals surface area contributed by atoms with Gasteiger partial charge in [0.2, 0.25) is 0 Å². The summed E-state index contributed by atoms with van der Waals surface area (Å²) in [7, 11) is 0. The number of carboxylic acid groups (broad SMARTS) is 1. The van der Waals surface area contributed by atoms with Crippen LogP contribution in [-0.4, -0.2) is 11.1 Å². The second-order valence-corrected chi connectivity index (χ2v) is 4.35. The first-order chi connectivity index (χ1) is 9.49. The third kappa shape index (κ3) is 3.05. The third-order valence-corrected chi connectivity index (χ3v) is 2.88. The molecule has 1 N–H and O–H groups in total. The van der Waals surface area contributed by atoms with Crippen LogP contribution in [0.4, 0.5) is 8.78 Å². The van der Waals surface area contributed by atoms with Gasteiger partial charge in [-0.25, -0.2) is 13.6 Å². The van der Waals surface area contributed by atoms with E-state index < -0.39 is 17.6 Å². The van der Waals surface area contributed by atoms with E-state index in [1.54, 1.807) is 0 Å². The third-order valence-electron chi connectivity index (χ3n) is 2.58. The van der Waals surface area contributed by atoms with Gasteiger partial charge in [-0.15, -0.1) is 0 Å². The first kappa shape index (κ1) is 14.3. The average Bonchev–Trinajstić information content (AvgIpc) is 2.38. The van der Waals surface area contributed by atoms with Gasteiger partial charge < -0.3 is 9.84 Å². The first-order valence-corrected chi connectivity index (χ1v) is 5.95. The Bertz CT molecular complexity index is 659. The molecule has 2 aromatic rings. The molecule has 0 bridgehead atoms. The number of halogens is 3. The lowest BCUT2D eigenvalue weighted by Gasteiger charge is -2.11. The quantitative estimate of drug-likeness (QED) is 0.931. The van der Waals surface area contributed by atoms with Crippen molar-refractivity contribution in [2.24, 2.45) is 0 Å². The van der Waals surface area contributed by atoms with Crippen molar-refractivity contribution in [1.82, 2.24) is 0 Å². The maximum Gasteiger partial charge on any atom is 0.339 e. The zero-order valence-corrected chi connectivity index (χ0v) is 10.8. The fourth-order valence-electron chi connectivity index (χ4n) is 1.61. The zero-order valence-electron chi connectivity index (χ0n) is 10.1. The number of para-hydroxylation sites is 1. The highest BCUT2D eigenvalue weighted by Crippen LogP contribution is 2.29. The minimum Gasteiger partial charge on any atom is -0.486 e. The fraction of sp³-hybridized carbons (Fsp3) is 0.0714. The van der Waals surface area contributed by atoms with Gasteiger partial charge in [0.05, 0.1) is 5.02 Å². The summed E-state index contributed by atoms with van der Waals surface area (Å²) in [6.07, 6.45) is 0. The summed E-state index contributed by atoms with van der Waals surface area (Å²) in [5.41, 5.74) is -0.0253. The highest BCUT2D eigenvalue weighted by atomic mass is 35.5.